The van der Waals surface area contributed by atoms with Crippen LogP contribution in [0.25, 0.3) is 0 Å². The molecule has 1 aromatic carbocycles. The van der Waals surface area contributed by atoms with E-state index in [0.717, 1.165) is 5.56 Å². The monoisotopic (exact) mass is 388 g/mol. The number of hydrogen-bond donors (Lipinski definition) is 3. The van der Waals surface area contributed by atoms with E-state index < -0.39 is 0 Å². The SMILES string of the molecule is CN(C)CC(=O)Nc1cccc(CNC(=O)CCNC(=O)c2ccsc2)c1. The van der Waals surface area contributed by atoms with Crippen molar-refractivity contribution in [2.45, 2.75) is 13.0 Å². The van der Waals surface area contributed by atoms with E-state index in [-0.39, 0.29) is 30.7 Å². The second-order valence-corrected chi connectivity index (χ2v) is 7.06. The van der Waals surface area contributed by atoms with Gasteiger partial charge in [0.05, 0.1) is 6.54 Å². The molecule has 0 unspecified atom stereocenters. The van der Waals surface area contributed by atoms with E-state index in [2.05, 4.69) is 16.0 Å². The fourth-order valence-electron chi connectivity index (χ4n) is 2.32. The molecule has 27 heavy (non-hydrogen) atoms. The quantitative estimate of drug-likeness (QED) is 0.610. The number of rotatable bonds is 9. The van der Waals surface area contributed by atoms with Crippen molar-refractivity contribution in [3.8, 4) is 0 Å². The predicted octanol–water partition coefficient (Wildman–Crippen LogP) is 1.68. The second kappa shape index (κ2) is 10.4. The summed E-state index contributed by atoms with van der Waals surface area (Å²) in [5.74, 6) is -0.421. The zero-order valence-corrected chi connectivity index (χ0v) is 16.3. The Morgan fingerprint density at radius 2 is 1.89 bits per heavy atom. The minimum absolute atomic E-state index is 0.0949. The molecule has 2 aromatic rings. The van der Waals surface area contributed by atoms with Crippen molar-refractivity contribution in [3.05, 3.63) is 52.2 Å². The molecule has 2 rings (SSSR count). The van der Waals surface area contributed by atoms with Gasteiger partial charge in [-0.1, -0.05) is 12.1 Å². The summed E-state index contributed by atoms with van der Waals surface area (Å²) in [4.78, 5) is 37.3. The van der Waals surface area contributed by atoms with Gasteiger partial charge in [-0.25, -0.2) is 0 Å². The molecule has 1 aromatic heterocycles. The minimum atomic E-state index is -0.176. The predicted molar refractivity (Wildman–Crippen MR) is 107 cm³/mol. The largest absolute Gasteiger partial charge is 0.352 e. The van der Waals surface area contributed by atoms with Gasteiger partial charge in [0.15, 0.2) is 0 Å². The molecule has 0 fully saturated rings. The summed E-state index contributed by atoms with van der Waals surface area (Å²) in [6.45, 7) is 0.938. The molecule has 0 radical (unpaired) electrons. The highest BCUT2D eigenvalue weighted by Crippen LogP contribution is 2.10. The molecule has 0 saturated heterocycles. The van der Waals surface area contributed by atoms with Crippen LogP contribution in [0, 0.1) is 0 Å². The number of hydrogen-bond acceptors (Lipinski definition) is 5. The summed E-state index contributed by atoms with van der Waals surface area (Å²) in [6, 6.07) is 9.07. The number of nitrogens with zero attached hydrogens (tertiary/aromatic N) is 1. The third-order valence-corrected chi connectivity index (χ3v) is 4.26. The number of nitrogens with one attached hydrogen (secondary N) is 3. The molecule has 0 saturated carbocycles. The van der Waals surface area contributed by atoms with Crippen LogP contribution >= 0.6 is 11.3 Å². The Balaban J connectivity index is 1.72. The molecule has 144 valence electrons. The minimum Gasteiger partial charge on any atom is -0.352 e. The average molecular weight is 388 g/mol. The van der Waals surface area contributed by atoms with Crippen molar-refractivity contribution in [2.24, 2.45) is 0 Å². The summed E-state index contributed by atoms with van der Waals surface area (Å²) in [6.07, 6.45) is 0.204. The van der Waals surface area contributed by atoms with E-state index in [9.17, 15) is 14.4 Å². The highest BCUT2D eigenvalue weighted by atomic mass is 32.1. The number of amides is 3. The number of carbonyl (C=O) groups excluding carboxylic acids is 3. The van der Waals surface area contributed by atoms with Gasteiger partial charge >= 0.3 is 0 Å². The average Bonchev–Trinajstić information content (AvgIpc) is 3.14. The molecule has 3 N–H and O–H groups in total. The smallest absolute Gasteiger partial charge is 0.252 e. The van der Waals surface area contributed by atoms with Crippen molar-refractivity contribution < 1.29 is 14.4 Å². The van der Waals surface area contributed by atoms with E-state index in [4.69, 9.17) is 0 Å². The summed E-state index contributed by atoms with van der Waals surface area (Å²) >= 11 is 1.45. The zero-order chi connectivity index (χ0) is 19.6. The lowest BCUT2D eigenvalue weighted by Gasteiger charge is -2.11. The fourth-order valence-corrected chi connectivity index (χ4v) is 2.96. The number of benzene rings is 1. The molecule has 0 spiro atoms. The Morgan fingerprint density at radius 1 is 1.07 bits per heavy atom. The summed E-state index contributed by atoms with van der Waals surface area (Å²) < 4.78 is 0. The number of anilines is 1. The topological polar surface area (TPSA) is 90.5 Å². The van der Waals surface area contributed by atoms with Crippen molar-refractivity contribution in [3.63, 3.8) is 0 Å². The standard InChI is InChI=1S/C19H24N4O3S/c1-23(2)12-18(25)22-16-5-3-4-14(10-16)11-21-17(24)6-8-20-19(26)15-7-9-27-13-15/h3-5,7,9-10,13H,6,8,11-12H2,1-2H3,(H,20,26)(H,21,24)(H,22,25). The van der Waals surface area contributed by atoms with E-state index >= 15 is 0 Å². The number of carbonyl (C=O) groups is 3. The molecule has 0 aliphatic heterocycles. The van der Waals surface area contributed by atoms with Crippen LogP contribution in [-0.2, 0) is 16.1 Å². The maximum atomic E-state index is 11.9. The Hall–Kier alpha value is -2.71. The van der Waals surface area contributed by atoms with E-state index in [0.29, 0.717) is 24.3 Å². The number of thiophene rings is 1. The summed E-state index contributed by atoms with van der Waals surface area (Å²) in [7, 11) is 3.66. The molecular weight excluding hydrogens is 364 g/mol. The van der Waals surface area contributed by atoms with Crippen LogP contribution in [0.1, 0.15) is 22.3 Å². The molecule has 8 heteroatoms. The van der Waals surface area contributed by atoms with Crippen LogP contribution in [-0.4, -0.2) is 49.8 Å². The second-order valence-electron chi connectivity index (χ2n) is 6.28. The van der Waals surface area contributed by atoms with Crippen LogP contribution in [0.15, 0.2) is 41.1 Å². The van der Waals surface area contributed by atoms with Crippen LogP contribution in [0.3, 0.4) is 0 Å². The third-order valence-electron chi connectivity index (χ3n) is 3.58. The Morgan fingerprint density at radius 3 is 2.59 bits per heavy atom. The Labute approximate surface area is 162 Å². The molecule has 0 bridgehead atoms. The van der Waals surface area contributed by atoms with E-state index in [1.165, 1.54) is 11.3 Å². The van der Waals surface area contributed by atoms with Gasteiger partial charge in [-0.3, -0.25) is 14.4 Å². The van der Waals surface area contributed by atoms with Gasteiger partial charge < -0.3 is 20.9 Å². The van der Waals surface area contributed by atoms with E-state index in [1.54, 1.807) is 22.4 Å². The maximum absolute atomic E-state index is 11.9. The lowest BCUT2D eigenvalue weighted by molar-refractivity contribution is -0.121. The van der Waals surface area contributed by atoms with Crippen LogP contribution in [0.4, 0.5) is 5.69 Å². The first kappa shape index (κ1) is 20.6. The normalized spacial score (nSPS) is 10.5. The Bertz CT molecular complexity index is 775. The van der Waals surface area contributed by atoms with Gasteiger partial charge in [0, 0.05) is 36.1 Å². The maximum Gasteiger partial charge on any atom is 0.252 e. The highest BCUT2D eigenvalue weighted by molar-refractivity contribution is 7.08. The van der Waals surface area contributed by atoms with Crippen LogP contribution in [0.2, 0.25) is 0 Å². The number of likely N-dealkylation sites (N-methyl/N-ethyl adjacent to an activating group) is 1. The molecule has 0 aliphatic carbocycles. The van der Waals surface area contributed by atoms with E-state index in [1.807, 2.05) is 37.7 Å². The lowest BCUT2D eigenvalue weighted by Crippen LogP contribution is -2.30. The Kier molecular flexibility index (Phi) is 7.97. The molecule has 3 amide bonds. The van der Waals surface area contributed by atoms with Crippen molar-refractivity contribution in [1.29, 1.82) is 0 Å². The molecular formula is C19H24N4O3S. The first-order valence-electron chi connectivity index (χ1n) is 8.54. The highest BCUT2D eigenvalue weighted by Gasteiger charge is 2.08. The fraction of sp³-hybridized carbons (Fsp3) is 0.316. The molecule has 7 nitrogen and oxygen atoms in total. The zero-order valence-electron chi connectivity index (χ0n) is 15.5. The summed E-state index contributed by atoms with van der Waals surface area (Å²) in [5, 5.41) is 11.9. The first-order chi connectivity index (χ1) is 12.9. The van der Waals surface area contributed by atoms with Crippen LogP contribution < -0.4 is 16.0 Å². The van der Waals surface area contributed by atoms with Gasteiger partial charge in [-0.2, -0.15) is 11.3 Å². The van der Waals surface area contributed by atoms with Gasteiger partial charge in [-0.05, 0) is 43.2 Å². The molecule has 1 heterocycles. The molecule has 0 atom stereocenters. The van der Waals surface area contributed by atoms with Crippen molar-refractivity contribution in [1.82, 2.24) is 15.5 Å². The first-order valence-corrected chi connectivity index (χ1v) is 9.49. The van der Waals surface area contributed by atoms with Gasteiger partial charge in [0.1, 0.15) is 0 Å². The van der Waals surface area contributed by atoms with Crippen LogP contribution in [0.5, 0.6) is 0 Å². The lowest BCUT2D eigenvalue weighted by atomic mass is 10.2. The van der Waals surface area contributed by atoms with Gasteiger partial charge in [0.2, 0.25) is 11.8 Å². The molecule has 0 aliphatic rings. The van der Waals surface area contributed by atoms with Crippen molar-refractivity contribution in [2.75, 3.05) is 32.5 Å². The van der Waals surface area contributed by atoms with Gasteiger partial charge in [0.25, 0.3) is 5.91 Å². The van der Waals surface area contributed by atoms with Gasteiger partial charge in [-0.15, -0.1) is 0 Å². The van der Waals surface area contributed by atoms with Crippen molar-refractivity contribution >= 4 is 34.7 Å². The third kappa shape index (κ3) is 7.59. The summed E-state index contributed by atoms with van der Waals surface area (Å²) in [5.41, 5.74) is 2.18.